The van der Waals surface area contributed by atoms with Gasteiger partial charge in [0.05, 0.1) is 11.3 Å². The Morgan fingerprint density at radius 3 is 2.46 bits per heavy atom. The molecule has 2 aromatic rings. The first-order valence-electron chi connectivity index (χ1n) is 13.9. The quantitative estimate of drug-likeness (QED) is 0.193. The van der Waals surface area contributed by atoms with Crippen LogP contribution in [0.25, 0.3) is 10.8 Å². The lowest BCUT2D eigenvalue weighted by Crippen LogP contribution is -2.54. The van der Waals surface area contributed by atoms with Crippen molar-refractivity contribution in [2.45, 2.75) is 61.9 Å². The first kappa shape index (κ1) is 30.3. The topological polar surface area (TPSA) is 186 Å². The molecule has 41 heavy (non-hydrogen) atoms. The molecule has 2 amide bonds. The van der Waals surface area contributed by atoms with Crippen molar-refractivity contribution in [2.24, 2.45) is 11.7 Å². The molecule has 1 aliphatic carbocycles. The molecule has 0 radical (unpaired) electrons. The van der Waals surface area contributed by atoms with E-state index in [0.717, 1.165) is 31.1 Å². The van der Waals surface area contributed by atoms with Crippen molar-refractivity contribution < 1.29 is 27.9 Å². The molecular formula is C28H38N6O6S. The lowest BCUT2D eigenvalue weighted by Gasteiger charge is -2.33. The van der Waals surface area contributed by atoms with Gasteiger partial charge in [0, 0.05) is 25.7 Å². The molecule has 0 spiro atoms. The molecule has 1 aliphatic heterocycles. The fraction of sp³-hybridized carbons (Fsp3) is 0.500. The fourth-order valence-corrected chi connectivity index (χ4v) is 6.91. The van der Waals surface area contributed by atoms with Crippen LogP contribution in [-0.4, -0.2) is 85.3 Å². The number of nitrogens with zero attached hydrogens (tertiary/aromatic N) is 2. The number of aliphatic carboxylic acids is 1. The molecule has 6 N–H and O–H groups in total. The Bertz CT molecular complexity index is 1390. The van der Waals surface area contributed by atoms with Crippen molar-refractivity contribution >= 4 is 44.5 Å². The molecule has 12 nitrogen and oxygen atoms in total. The van der Waals surface area contributed by atoms with Gasteiger partial charge in [0.25, 0.3) is 0 Å². The van der Waals surface area contributed by atoms with Crippen LogP contribution in [0.1, 0.15) is 44.9 Å². The second kappa shape index (κ2) is 13.3. The molecule has 1 heterocycles. The summed E-state index contributed by atoms with van der Waals surface area (Å²) in [6.07, 6.45) is 4.06. The molecule has 222 valence electrons. The van der Waals surface area contributed by atoms with E-state index in [2.05, 4.69) is 10.0 Å². The van der Waals surface area contributed by atoms with Crippen molar-refractivity contribution in [3.63, 3.8) is 0 Å². The third-order valence-corrected chi connectivity index (χ3v) is 9.29. The molecule has 2 atom stereocenters. The Hall–Kier alpha value is -3.71. The summed E-state index contributed by atoms with van der Waals surface area (Å²) in [4.78, 5) is 41.3. The number of piperidine rings is 1. The van der Waals surface area contributed by atoms with Gasteiger partial charge in [-0.05, 0) is 54.5 Å². The number of nitrogens with one attached hydrogen (secondary N) is 3. The standard InChI is InChI=1S/C28H38N6O6S/c29-28(30)33-13-5-6-19(17-33)16-31-25(35)15-24(27(38)34(18-26(36)37)22-9-3-4-10-22)32-41(39,40)23-12-11-20-7-1-2-8-21(20)14-23/h1-2,7-8,11-12,14,19,22,24,32H,3-6,9-10,13,15-18H2,(H3,29,30)(H,31,35)(H,36,37)/t19-,24-/m0/s1. The van der Waals surface area contributed by atoms with Crippen LogP contribution < -0.4 is 15.8 Å². The smallest absolute Gasteiger partial charge is 0.323 e. The minimum atomic E-state index is -4.25. The van der Waals surface area contributed by atoms with E-state index >= 15 is 0 Å². The number of hydrogen-bond donors (Lipinski definition) is 5. The molecule has 2 aliphatic rings. The summed E-state index contributed by atoms with van der Waals surface area (Å²) in [7, 11) is -4.25. The number of carboxylic acids is 1. The Labute approximate surface area is 239 Å². The van der Waals surface area contributed by atoms with Gasteiger partial charge in [0.2, 0.25) is 21.8 Å². The number of likely N-dealkylation sites (tertiary alicyclic amines) is 1. The molecule has 2 fully saturated rings. The Morgan fingerprint density at radius 2 is 1.78 bits per heavy atom. The monoisotopic (exact) mass is 586 g/mol. The van der Waals surface area contributed by atoms with E-state index in [1.54, 1.807) is 23.1 Å². The summed E-state index contributed by atoms with van der Waals surface area (Å²) in [5, 5.41) is 21.5. The van der Waals surface area contributed by atoms with Gasteiger partial charge >= 0.3 is 5.97 Å². The number of sulfonamides is 1. The lowest BCUT2D eigenvalue weighted by molar-refractivity contribution is -0.147. The van der Waals surface area contributed by atoms with Gasteiger partial charge in [-0.25, -0.2) is 8.42 Å². The van der Waals surface area contributed by atoms with Gasteiger partial charge in [-0.3, -0.25) is 19.8 Å². The number of fused-ring (bicyclic) bond motifs is 1. The molecule has 1 saturated carbocycles. The van der Waals surface area contributed by atoms with E-state index in [1.165, 1.54) is 17.0 Å². The molecule has 2 aromatic carbocycles. The molecule has 4 rings (SSSR count). The van der Waals surface area contributed by atoms with Crippen LogP contribution >= 0.6 is 0 Å². The summed E-state index contributed by atoms with van der Waals surface area (Å²) in [5.74, 6) is -2.47. The lowest BCUT2D eigenvalue weighted by atomic mass is 9.98. The Balaban J connectivity index is 1.54. The van der Waals surface area contributed by atoms with E-state index in [0.29, 0.717) is 31.3 Å². The number of nitrogens with two attached hydrogens (primary N) is 1. The predicted molar refractivity (Wildman–Crippen MR) is 154 cm³/mol. The largest absolute Gasteiger partial charge is 0.480 e. The van der Waals surface area contributed by atoms with Gasteiger partial charge in [0.15, 0.2) is 5.96 Å². The highest BCUT2D eigenvalue weighted by atomic mass is 32.2. The van der Waals surface area contributed by atoms with Crippen molar-refractivity contribution in [3.05, 3.63) is 42.5 Å². The number of carbonyl (C=O) groups excluding carboxylic acids is 2. The van der Waals surface area contributed by atoms with Gasteiger partial charge < -0.3 is 26.0 Å². The number of rotatable bonds is 11. The van der Waals surface area contributed by atoms with Gasteiger partial charge in [0.1, 0.15) is 12.6 Å². The van der Waals surface area contributed by atoms with E-state index < -0.39 is 46.8 Å². The summed E-state index contributed by atoms with van der Waals surface area (Å²) in [6, 6.07) is 10.0. The summed E-state index contributed by atoms with van der Waals surface area (Å²) in [6.45, 7) is 0.888. The molecule has 0 unspecified atom stereocenters. The van der Waals surface area contributed by atoms with Crippen LogP contribution in [0, 0.1) is 11.3 Å². The molecule has 1 saturated heterocycles. The minimum Gasteiger partial charge on any atom is -0.480 e. The molecule has 13 heteroatoms. The first-order valence-corrected chi connectivity index (χ1v) is 15.4. The fourth-order valence-electron chi connectivity index (χ4n) is 5.68. The first-order chi connectivity index (χ1) is 19.5. The molecular weight excluding hydrogens is 548 g/mol. The SMILES string of the molecule is N=C(N)N1CCC[C@@H](CNC(=O)C[C@H](NS(=O)(=O)c2ccc3ccccc3c2)C(=O)N(CC(=O)O)C2CCCC2)C1. The van der Waals surface area contributed by atoms with E-state index in [1.807, 2.05) is 12.1 Å². The zero-order valence-corrected chi connectivity index (χ0v) is 23.7. The van der Waals surface area contributed by atoms with Crippen molar-refractivity contribution in [2.75, 3.05) is 26.2 Å². The minimum absolute atomic E-state index is 0.0276. The number of hydrogen-bond acceptors (Lipinski definition) is 6. The molecule has 0 bridgehead atoms. The highest BCUT2D eigenvalue weighted by Gasteiger charge is 2.36. The second-order valence-electron chi connectivity index (χ2n) is 10.8. The third-order valence-electron chi connectivity index (χ3n) is 7.82. The average molecular weight is 587 g/mol. The van der Waals surface area contributed by atoms with Gasteiger partial charge in [-0.15, -0.1) is 0 Å². The van der Waals surface area contributed by atoms with Crippen LogP contribution in [0.15, 0.2) is 47.4 Å². The predicted octanol–water partition coefficient (Wildman–Crippen LogP) is 1.45. The van der Waals surface area contributed by atoms with Gasteiger partial charge in [-0.2, -0.15) is 4.72 Å². The highest BCUT2D eigenvalue weighted by molar-refractivity contribution is 7.89. The highest BCUT2D eigenvalue weighted by Crippen LogP contribution is 2.25. The summed E-state index contributed by atoms with van der Waals surface area (Å²) in [5.41, 5.74) is 5.61. The Morgan fingerprint density at radius 1 is 1.07 bits per heavy atom. The van der Waals surface area contributed by atoms with E-state index in [-0.39, 0.29) is 29.4 Å². The number of carboxylic acid groups (broad SMARTS) is 1. The normalized spacial score (nSPS) is 18.6. The number of carbonyl (C=O) groups is 3. The van der Waals surface area contributed by atoms with Crippen LogP contribution in [0.5, 0.6) is 0 Å². The van der Waals surface area contributed by atoms with Crippen LogP contribution in [0.3, 0.4) is 0 Å². The maximum Gasteiger partial charge on any atom is 0.323 e. The number of amides is 2. The maximum absolute atomic E-state index is 13.8. The number of guanidine groups is 1. The van der Waals surface area contributed by atoms with Crippen molar-refractivity contribution in [1.82, 2.24) is 19.8 Å². The second-order valence-corrected chi connectivity index (χ2v) is 12.5. The average Bonchev–Trinajstić information content (AvgIpc) is 3.48. The van der Waals surface area contributed by atoms with Gasteiger partial charge in [-0.1, -0.05) is 43.2 Å². The molecule has 0 aromatic heterocycles. The Kier molecular flexibility index (Phi) is 9.81. The maximum atomic E-state index is 13.8. The van der Waals surface area contributed by atoms with Crippen molar-refractivity contribution in [1.29, 1.82) is 5.41 Å². The number of benzene rings is 2. The van der Waals surface area contributed by atoms with Crippen molar-refractivity contribution in [3.8, 4) is 0 Å². The summed E-state index contributed by atoms with van der Waals surface area (Å²) >= 11 is 0. The summed E-state index contributed by atoms with van der Waals surface area (Å²) < 4.78 is 29.4. The zero-order chi connectivity index (χ0) is 29.6. The van der Waals surface area contributed by atoms with Crippen LogP contribution in [0.4, 0.5) is 0 Å². The van der Waals surface area contributed by atoms with E-state index in [4.69, 9.17) is 11.1 Å². The van der Waals surface area contributed by atoms with Crippen LogP contribution in [-0.2, 0) is 24.4 Å². The third kappa shape index (κ3) is 7.94. The van der Waals surface area contributed by atoms with Crippen LogP contribution in [0.2, 0.25) is 0 Å². The van der Waals surface area contributed by atoms with E-state index in [9.17, 15) is 27.9 Å². The zero-order valence-electron chi connectivity index (χ0n) is 22.9.